The number of fused-ring (bicyclic) bond motifs is 1. The van der Waals surface area contributed by atoms with Gasteiger partial charge in [0.2, 0.25) is 5.88 Å². The zero-order valence-electron chi connectivity index (χ0n) is 12.3. The van der Waals surface area contributed by atoms with Gasteiger partial charge in [0.1, 0.15) is 12.1 Å². The molecule has 4 heterocycles. The average Bonchev–Trinajstić information content (AvgIpc) is 3.28. The molecule has 0 amide bonds. The number of nitrogens with two attached hydrogens (primary N) is 1. The van der Waals surface area contributed by atoms with E-state index in [-0.39, 0.29) is 17.5 Å². The molecule has 5 N–H and O–H groups in total. The number of hydrogen-bond acceptors (Lipinski definition) is 8. The van der Waals surface area contributed by atoms with Gasteiger partial charge >= 0.3 is 0 Å². The molecular formula is C15H14N4O5. The predicted molar refractivity (Wildman–Crippen MR) is 83.5 cm³/mol. The van der Waals surface area contributed by atoms with Crippen molar-refractivity contribution >= 4 is 22.7 Å². The van der Waals surface area contributed by atoms with Gasteiger partial charge in [-0.15, -0.1) is 0 Å². The van der Waals surface area contributed by atoms with E-state index >= 15 is 0 Å². The van der Waals surface area contributed by atoms with E-state index in [0.29, 0.717) is 16.6 Å². The number of hydrogen-bond donors (Lipinski definition) is 4. The standard InChI is InChI=1S/C15H14N4O5/c16-13-10-8(7-1-2-23-5-7)3-19(14(10)18-6-17-13)15-12(22)11(21)9(4-20)24-15/h1-3,5-6,9,11,20-22H,4H2,(H2,16,17,18)/t9-,11?/m1/s1. The molecule has 0 radical (unpaired) electrons. The number of rotatable bonds is 3. The Morgan fingerprint density at radius 3 is 2.83 bits per heavy atom. The largest absolute Gasteiger partial charge is 0.505 e. The van der Waals surface area contributed by atoms with Gasteiger partial charge in [0, 0.05) is 17.3 Å². The summed E-state index contributed by atoms with van der Waals surface area (Å²) in [4.78, 5) is 8.20. The molecule has 1 unspecified atom stereocenters. The van der Waals surface area contributed by atoms with Crippen LogP contribution in [0.4, 0.5) is 5.82 Å². The highest BCUT2D eigenvalue weighted by atomic mass is 16.5. The molecule has 4 rings (SSSR count). The second-order valence-corrected chi connectivity index (χ2v) is 5.36. The van der Waals surface area contributed by atoms with E-state index < -0.39 is 18.8 Å². The quantitative estimate of drug-likeness (QED) is 0.550. The molecule has 3 aromatic heterocycles. The molecule has 24 heavy (non-hydrogen) atoms. The summed E-state index contributed by atoms with van der Waals surface area (Å²) in [5.74, 6) is -0.145. The molecule has 3 aromatic rings. The lowest BCUT2D eigenvalue weighted by Gasteiger charge is -2.12. The van der Waals surface area contributed by atoms with E-state index in [2.05, 4.69) is 9.97 Å². The van der Waals surface area contributed by atoms with Gasteiger partial charge in [0.15, 0.2) is 23.6 Å². The Morgan fingerprint density at radius 1 is 1.33 bits per heavy atom. The number of furan rings is 1. The molecule has 0 aromatic carbocycles. The smallest absolute Gasteiger partial charge is 0.241 e. The first-order valence-electron chi connectivity index (χ1n) is 7.15. The molecule has 9 nitrogen and oxygen atoms in total. The zero-order chi connectivity index (χ0) is 16.8. The van der Waals surface area contributed by atoms with Crippen LogP contribution < -0.4 is 5.73 Å². The van der Waals surface area contributed by atoms with Gasteiger partial charge in [0.05, 0.1) is 24.5 Å². The molecule has 0 bridgehead atoms. The topological polar surface area (TPSA) is 140 Å². The van der Waals surface area contributed by atoms with Crippen molar-refractivity contribution in [1.29, 1.82) is 0 Å². The summed E-state index contributed by atoms with van der Waals surface area (Å²) < 4.78 is 12.0. The van der Waals surface area contributed by atoms with E-state index in [1.807, 2.05) is 0 Å². The summed E-state index contributed by atoms with van der Waals surface area (Å²) in [5.41, 5.74) is 7.81. The van der Waals surface area contributed by atoms with Gasteiger partial charge in [-0.2, -0.15) is 0 Å². The van der Waals surface area contributed by atoms with Crippen molar-refractivity contribution in [1.82, 2.24) is 14.5 Å². The highest BCUT2D eigenvalue weighted by molar-refractivity contribution is 6.01. The third-order valence-corrected chi connectivity index (χ3v) is 3.96. The lowest BCUT2D eigenvalue weighted by atomic mass is 10.1. The fourth-order valence-electron chi connectivity index (χ4n) is 2.76. The summed E-state index contributed by atoms with van der Waals surface area (Å²) in [6.07, 6.45) is 3.74. The highest BCUT2D eigenvalue weighted by Crippen LogP contribution is 2.37. The van der Waals surface area contributed by atoms with Crippen molar-refractivity contribution < 1.29 is 24.5 Å². The molecule has 1 aliphatic heterocycles. The number of anilines is 1. The van der Waals surface area contributed by atoms with Crippen LogP contribution in [0.25, 0.3) is 28.0 Å². The van der Waals surface area contributed by atoms with E-state index in [9.17, 15) is 15.3 Å². The summed E-state index contributed by atoms with van der Waals surface area (Å²) in [7, 11) is 0. The summed E-state index contributed by atoms with van der Waals surface area (Å²) in [6, 6.07) is 1.75. The number of aliphatic hydroxyl groups is 3. The molecule has 1 aliphatic rings. The van der Waals surface area contributed by atoms with Crippen LogP contribution in [-0.2, 0) is 4.74 Å². The van der Waals surface area contributed by atoms with Crippen molar-refractivity contribution in [2.45, 2.75) is 12.2 Å². The monoisotopic (exact) mass is 330 g/mol. The first kappa shape index (κ1) is 14.5. The first-order chi connectivity index (χ1) is 11.6. The van der Waals surface area contributed by atoms with Gasteiger partial charge in [0.25, 0.3) is 0 Å². The molecule has 0 spiro atoms. The van der Waals surface area contributed by atoms with E-state index in [1.54, 1.807) is 18.5 Å². The van der Waals surface area contributed by atoms with Gasteiger partial charge in [-0.25, -0.2) is 9.97 Å². The van der Waals surface area contributed by atoms with E-state index in [0.717, 1.165) is 5.56 Å². The number of nitrogens with zero attached hydrogens (tertiary/aromatic N) is 3. The van der Waals surface area contributed by atoms with Crippen LogP contribution >= 0.6 is 0 Å². The molecule has 0 saturated carbocycles. The Hall–Kier alpha value is -3.04. The third kappa shape index (κ3) is 1.95. The van der Waals surface area contributed by atoms with E-state index in [1.165, 1.54) is 17.2 Å². The fraction of sp³-hybridized carbons (Fsp3) is 0.200. The minimum absolute atomic E-state index is 0.0144. The molecule has 0 saturated heterocycles. The second kappa shape index (κ2) is 5.25. The number of nitrogen functional groups attached to an aromatic ring is 1. The van der Waals surface area contributed by atoms with Crippen molar-refractivity contribution in [3.8, 4) is 11.1 Å². The van der Waals surface area contributed by atoms with Gasteiger partial charge < -0.3 is 30.2 Å². The van der Waals surface area contributed by atoms with Crippen LogP contribution in [0.5, 0.6) is 0 Å². The van der Waals surface area contributed by atoms with Crippen LogP contribution in [0, 0.1) is 0 Å². The van der Waals surface area contributed by atoms with Crippen LogP contribution in [0.1, 0.15) is 0 Å². The van der Waals surface area contributed by atoms with Crippen molar-refractivity contribution in [3.05, 3.63) is 36.9 Å². The Balaban J connectivity index is 1.97. The molecule has 0 aliphatic carbocycles. The Kier molecular flexibility index (Phi) is 3.18. The predicted octanol–water partition coefficient (Wildman–Crippen LogP) is 0.710. The zero-order valence-corrected chi connectivity index (χ0v) is 12.3. The molecule has 9 heteroatoms. The summed E-state index contributed by atoms with van der Waals surface area (Å²) in [6.45, 7) is -0.445. The van der Waals surface area contributed by atoms with Crippen LogP contribution in [0.2, 0.25) is 0 Å². The van der Waals surface area contributed by atoms with Crippen LogP contribution in [0.3, 0.4) is 0 Å². The Labute approximate surface area is 135 Å². The maximum Gasteiger partial charge on any atom is 0.241 e. The lowest BCUT2D eigenvalue weighted by Crippen LogP contribution is -2.27. The van der Waals surface area contributed by atoms with E-state index in [4.69, 9.17) is 14.9 Å². The normalized spacial score (nSPS) is 20.8. The minimum Gasteiger partial charge on any atom is -0.505 e. The van der Waals surface area contributed by atoms with Crippen LogP contribution in [0.15, 0.2) is 41.3 Å². The summed E-state index contributed by atoms with van der Waals surface area (Å²) >= 11 is 0. The number of aliphatic hydroxyl groups excluding tert-OH is 3. The van der Waals surface area contributed by atoms with Crippen molar-refractivity contribution in [2.75, 3.05) is 12.3 Å². The third-order valence-electron chi connectivity index (χ3n) is 3.96. The Morgan fingerprint density at radius 2 is 2.17 bits per heavy atom. The van der Waals surface area contributed by atoms with Gasteiger partial charge in [-0.05, 0) is 6.07 Å². The molecule has 2 atom stereocenters. The maximum atomic E-state index is 10.2. The number of aromatic nitrogens is 3. The highest BCUT2D eigenvalue weighted by Gasteiger charge is 2.37. The fourth-order valence-corrected chi connectivity index (χ4v) is 2.76. The second-order valence-electron chi connectivity index (χ2n) is 5.36. The Bertz CT molecular complexity index is 931. The van der Waals surface area contributed by atoms with Crippen molar-refractivity contribution in [2.24, 2.45) is 0 Å². The number of ether oxygens (including phenoxy) is 1. The summed E-state index contributed by atoms with van der Waals surface area (Å²) in [5, 5.41) is 29.9. The SMILES string of the molecule is Nc1ncnc2c1c(-c1ccoc1)cn2C1=C(O)C(O)[C@@H](CO)O1. The van der Waals surface area contributed by atoms with Crippen LogP contribution in [-0.4, -0.2) is 48.7 Å². The molecular weight excluding hydrogens is 316 g/mol. The maximum absolute atomic E-state index is 10.2. The lowest BCUT2D eigenvalue weighted by molar-refractivity contribution is 0.0140. The van der Waals surface area contributed by atoms with Crippen molar-refractivity contribution in [3.63, 3.8) is 0 Å². The molecule has 0 fully saturated rings. The molecule has 124 valence electrons. The minimum atomic E-state index is -1.32. The van der Waals surface area contributed by atoms with Gasteiger partial charge in [-0.3, -0.25) is 4.57 Å². The first-order valence-corrected chi connectivity index (χ1v) is 7.15. The average molecular weight is 330 g/mol. The van der Waals surface area contributed by atoms with Gasteiger partial charge in [-0.1, -0.05) is 0 Å².